The molecule has 2 heterocycles. The van der Waals surface area contributed by atoms with Crippen molar-refractivity contribution in [3.63, 3.8) is 0 Å². The van der Waals surface area contributed by atoms with E-state index in [2.05, 4.69) is 37.0 Å². The van der Waals surface area contributed by atoms with E-state index < -0.39 is 0 Å². The molecule has 2 saturated carbocycles. The number of aromatic nitrogens is 5. The van der Waals surface area contributed by atoms with Gasteiger partial charge in [-0.15, -0.1) is 10.2 Å². The molecule has 122 valence electrons. The van der Waals surface area contributed by atoms with Gasteiger partial charge in [-0.3, -0.25) is 4.57 Å². The van der Waals surface area contributed by atoms with Gasteiger partial charge in [-0.2, -0.15) is 4.98 Å². The van der Waals surface area contributed by atoms with Crippen molar-refractivity contribution in [2.45, 2.75) is 48.4 Å². The van der Waals surface area contributed by atoms with Crippen LogP contribution >= 0.6 is 11.8 Å². The number of benzene rings is 1. The molecule has 0 bridgehead atoms. The second-order valence-electron chi connectivity index (χ2n) is 6.40. The summed E-state index contributed by atoms with van der Waals surface area (Å²) in [6.07, 6.45) is 4.74. The predicted molar refractivity (Wildman–Crippen MR) is 89.2 cm³/mol. The van der Waals surface area contributed by atoms with Crippen LogP contribution in [0.25, 0.3) is 5.69 Å². The lowest BCUT2D eigenvalue weighted by molar-refractivity contribution is 0.375. The Bertz CT molecular complexity index is 851. The summed E-state index contributed by atoms with van der Waals surface area (Å²) in [6, 6.07) is 10.3. The second-order valence-corrected chi connectivity index (χ2v) is 7.34. The van der Waals surface area contributed by atoms with Crippen LogP contribution in [0.3, 0.4) is 0 Å². The highest BCUT2D eigenvalue weighted by Crippen LogP contribution is 2.41. The van der Waals surface area contributed by atoms with E-state index in [1.165, 1.54) is 25.7 Å². The van der Waals surface area contributed by atoms with E-state index in [1.807, 2.05) is 18.2 Å². The largest absolute Gasteiger partial charge is 0.339 e. The molecule has 0 spiro atoms. The molecule has 0 N–H and O–H groups in total. The molecule has 0 saturated heterocycles. The number of hydrogen-bond acceptors (Lipinski definition) is 6. The summed E-state index contributed by atoms with van der Waals surface area (Å²) in [5, 5.41) is 13.8. The van der Waals surface area contributed by atoms with Crippen LogP contribution in [0.4, 0.5) is 0 Å². The maximum Gasteiger partial charge on any atom is 0.229 e. The van der Waals surface area contributed by atoms with E-state index in [9.17, 15) is 0 Å². The van der Waals surface area contributed by atoms with Gasteiger partial charge in [0.2, 0.25) is 5.89 Å². The Balaban J connectivity index is 1.40. The van der Waals surface area contributed by atoms with Crippen LogP contribution in [0.15, 0.2) is 40.0 Å². The maximum absolute atomic E-state index is 5.33. The van der Waals surface area contributed by atoms with Crippen molar-refractivity contribution in [1.82, 2.24) is 24.9 Å². The standard InChI is InChI=1S/C17H17N5OS/c1-2-4-13(5-3-1)22-15(11-6-7-11)19-20-17(22)24-10-14-18-16(23-21-14)12-8-9-12/h1-5,11-12H,6-10H2. The molecule has 2 aliphatic rings. The minimum atomic E-state index is 0.491. The highest BCUT2D eigenvalue weighted by molar-refractivity contribution is 7.98. The topological polar surface area (TPSA) is 69.6 Å². The Morgan fingerprint density at radius 3 is 2.58 bits per heavy atom. The minimum Gasteiger partial charge on any atom is -0.339 e. The Labute approximate surface area is 143 Å². The van der Waals surface area contributed by atoms with Gasteiger partial charge >= 0.3 is 0 Å². The van der Waals surface area contributed by atoms with Gasteiger partial charge in [0.25, 0.3) is 0 Å². The predicted octanol–water partition coefficient (Wildman–Crippen LogP) is 3.70. The van der Waals surface area contributed by atoms with Gasteiger partial charge in [0.1, 0.15) is 5.82 Å². The van der Waals surface area contributed by atoms with Gasteiger partial charge in [0.15, 0.2) is 11.0 Å². The Morgan fingerprint density at radius 2 is 1.83 bits per heavy atom. The molecular weight excluding hydrogens is 322 g/mol. The molecule has 2 fully saturated rings. The van der Waals surface area contributed by atoms with Gasteiger partial charge in [0.05, 0.1) is 5.75 Å². The van der Waals surface area contributed by atoms with E-state index in [0.717, 1.165) is 28.4 Å². The summed E-state index contributed by atoms with van der Waals surface area (Å²) >= 11 is 1.61. The monoisotopic (exact) mass is 339 g/mol. The summed E-state index contributed by atoms with van der Waals surface area (Å²) in [4.78, 5) is 4.49. The van der Waals surface area contributed by atoms with Crippen LogP contribution in [-0.2, 0) is 5.75 Å². The second kappa shape index (κ2) is 5.73. The summed E-state index contributed by atoms with van der Waals surface area (Å²) in [5.41, 5.74) is 1.11. The Morgan fingerprint density at radius 1 is 1.04 bits per heavy atom. The first-order valence-electron chi connectivity index (χ1n) is 8.34. The van der Waals surface area contributed by atoms with Crippen molar-refractivity contribution in [3.05, 3.63) is 47.9 Å². The zero-order chi connectivity index (χ0) is 15.9. The molecule has 1 aromatic carbocycles. The third kappa shape index (κ3) is 2.73. The Kier molecular flexibility index (Phi) is 3.40. The highest BCUT2D eigenvalue weighted by Gasteiger charge is 2.32. The number of hydrogen-bond donors (Lipinski definition) is 0. The van der Waals surface area contributed by atoms with Crippen molar-refractivity contribution in [1.29, 1.82) is 0 Å². The quantitative estimate of drug-likeness (QED) is 0.638. The van der Waals surface area contributed by atoms with Gasteiger partial charge in [-0.05, 0) is 37.8 Å². The van der Waals surface area contributed by atoms with Crippen LogP contribution in [0.1, 0.15) is 55.1 Å². The van der Waals surface area contributed by atoms with Crippen molar-refractivity contribution < 1.29 is 4.52 Å². The SMILES string of the molecule is c1ccc(-n2c(SCc3noc(C4CC4)n3)nnc2C2CC2)cc1. The molecule has 5 rings (SSSR count). The normalized spacial score (nSPS) is 17.3. The highest BCUT2D eigenvalue weighted by atomic mass is 32.2. The summed E-state index contributed by atoms with van der Waals surface area (Å²) in [5.74, 6) is 4.26. The smallest absolute Gasteiger partial charge is 0.229 e. The molecule has 0 unspecified atom stereocenters. The zero-order valence-corrected chi connectivity index (χ0v) is 13.9. The first-order valence-corrected chi connectivity index (χ1v) is 9.33. The van der Waals surface area contributed by atoms with Crippen LogP contribution in [0.5, 0.6) is 0 Å². The van der Waals surface area contributed by atoms with Gasteiger partial charge in [-0.1, -0.05) is 35.1 Å². The molecule has 0 aliphatic heterocycles. The summed E-state index contributed by atoms with van der Waals surface area (Å²) in [7, 11) is 0. The molecule has 6 nitrogen and oxygen atoms in total. The van der Waals surface area contributed by atoms with Crippen LogP contribution in [0.2, 0.25) is 0 Å². The average Bonchev–Trinajstić information content (AvgIpc) is 3.55. The summed E-state index contributed by atoms with van der Waals surface area (Å²) < 4.78 is 7.50. The fraction of sp³-hybridized carbons (Fsp3) is 0.412. The average molecular weight is 339 g/mol. The lowest BCUT2D eigenvalue weighted by Crippen LogP contribution is -2.01. The van der Waals surface area contributed by atoms with Crippen molar-refractivity contribution in [3.8, 4) is 5.69 Å². The molecule has 0 atom stereocenters. The van der Waals surface area contributed by atoms with Gasteiger partial charge in [0, 0.05) is 17.5 Å². The van der Waals surface area contributed by atoms with E-state index in [4.69, 9.17) is 4.52 Å². The number of nitrogens with zero attached hydrogens (tertiary/aromatic N) is 5. The first-order chi connectivity index (χ1) is 11.9. The number of thioether (sulfide) groups is 1. The minimum absolute atomic E-state index is 0.491. The molecule has 24 heavy (non-hydrogen) atoms. The molecule has 7 heteroatoms. The molecular formula is C17H17N5OS. The van der Waals surface area contributed by atoms with E-state index in [1.54, 1.807) is 11.8 Å². The van der Waals surface area contributed by atoms with Crippen LogP contribution in [-0.4, -0.2) is 24.9 Å². The maximum atomic E-state index is 5.33. The fourth-order valence-corrected chi connectivity index (χ4v) is 3.55. The summed E-state index contributed by atoms with van der Waals surface area (Å²) in [6.45, 7) is 0. The molecule has 0 radical (unpaired) electrons. The van der Waals surface area contributed by atoms with E-state index in [0.29, 0.717) is 17.6 Å². The molecule has 2 aliphatic carbocycles. The van der Waals surface area contributed by atoms with Crippen LogP contribution < -0.4 is 0 Å². The Hall–Kier alpha value is -2.15. The molecule has 3 aromatic rings. The van der Waals surface area contributed by atoms with Crippen molar-refractivity contribution >= 4 is 11.8 Å². The van der Waals surface area contributed by atoms with Gasteiger partial charge in [-0.25, -0.2) is 0 Å². The lowest BCUT2D eigenvalue weighted by Gasteiger charge is -2.08. The number of para-hydroxylation sites is 1. The molecule has 0 amide bonds. The number of rotatable bonds is 6. The zero-order valence-electron chi connectivity index (χ0n) is 13.1. The van der Waals surface area contributed by atoms with Crippen molar-refractivity contribution in [2.24, 2.45) is 0 Å². The third-order valence-corrected chi connectivity index (χ3v) is 5.28. The lowest BCUT2D eigenvalue weighted by atomic mass is 10.3. The first kappa shape index (κ1) is 14.2. The van der Waals surface area contributed by atoms with Crippen LogP contribution in [0, 0.1) is 0 Å². The molecule has 2 aromatic heterocycles. The fourth-order valence-electron chi connectivity index (χ4n) is 2.75. The van der Waals surface area contributed by atoms with Crippen molar-refractivity contribution in [2.75, 3.05) is 0 Å². The third-order valence-electron chi connectivity index (χ3n) is 4.36. The van der Waals surface area contributed by atoms with E-state index >= 15 is 0 Å². The van der Waals surface area contributed by atoms with Gasteiger partial charge < -0.3 is 4.52 Å². The van der Waals surface area contributed by atoms with E-state index in [-0.39, 0.29) is 0 Å².